The number of hydrogen-bond acceptors (Lipinski definition) is 3. The molecular weight excluding hydrogens is 366 g/mol. The van der Waals surface area contributed by atoms with E-state index >= 15 is 0 Å². The first-order chi connectivity index (χ1) is 12.2. The van der Waals surface area contributed by atoms with Crippen LogP contribution in [0.2, 0.25) is 0 Å². The molecule has 0 saturated carbocycles. The zero-order chi connectivity index (χ0) is 17.5. The van der Waals surface area contributed by atoms with Crippen molar-refractivity contribution in [1.29, 1.82) is 0 Å². The third kappa shape index (κ3) is 5.02. The van der Waals surface area contributed by atoms with Crippen LogP contribution < -0.4 is 0 Å². The van der Waals surface area contributed by atoms with Crippen LogP contribution in [-0.2, 0) is 29.2 Å². The third-order valence-corrected chi connectivity index (χ3v) is 4.01. The minimum Gasteiger partial charge on any atom is -0.381 e. The van der Waals surface area contributed by atoms with Gasteiger partial charge < -0.3 is 5.11 Å². The molecule has 0 amide bonds. The number of benzene rings is 1. The molecule has 0 aliphatic rings. The summed E-state index contributed by atoms with van der Waals surface area (Å²) >= 11 is 0. The number of nitrogens with zero attached hydrogens (tertiary/aromatic N) is 3. The SMILES string of the molecule is CC(O)(c1ccc[cH-]1)c1cn(Cc2ccccc2)nn1.[Fe+2].c1cc[cH-]c1. The monoisotopic (exact) mass is 387 g/mol. The molecule has 0 spiro atoms. The Morgan fingerprint density at radius 3 is 2.31 bits per heavy atom. The molecule has 1 heterocycles. The maximum atomic E-state index is 10.6. The van der Waals surface area contributed by atoms with Crippen molar-refractivity contribution in [3.05, 3.63) is 108 Å². The second-order valence-electron chi connectivity index (χ2n) is 5.99. The number of aliphatic hydroxyl groups is 1. The maximum Gasteiger partial charge on any atom is 2.00 e. The van der Waals surface area contributed by atoms with Crippen LogP contribution in [0.25, 0.3) is 0 Å². The normalized spacial score (nSPS) is 12.4. The van der Waals surface area contributed by atoms with E-state index in [1.54, 1.807) is 17.8 Å². The van der Waals surface area contributed by atoms with Gasteiger partial charge in [0.2, 0.25) is 0 Å². The van der Waals surface area contributed by atoms with Gasteiger partial charge in [-0.2, -0.15) is 30.3 Å². The maximum absolute atomic E-state index is 10.6. The molecule has 1 N–H and O–H groups in total. The van der Waals surface area contributed by atoms with Gasteiger partial charge in [0, 0.05) is 0 Å². The van der Waals surface area contributed by atoms with Crippen LogP contribution in [0.3, 0.4) is 0 Å². The van der Waals surface area contributed by atoms with Crippen LogP contribution in [0, 0.1) is 0 Å². The van der Waals surface area contributed by atoms with E-state index in [-0.39, 0.29) is 17.1 Å². The van der Waals surface area contributed by atoms with Gasteiger partial charge in [-0.25, -0.2) is 28.9 Å². The summed E-state index contributed by atoms with van der Waals surface area (Å²) in [7, 11) is 0. The molecule has 0 aliphatic heterocycles. The molecule has 3 aromatic carbocycles. The topological polar surface area (TPSA) is 50.9 Å². The summed E-state index contributed by atoms with van der Waals surface area (Å²) in [6.45, 7) is 2.38. The predicted molar refractivity (Wildman–Crippen MR) is 98.3 cm³/mol. The fraction of sp³-hybridized carbons (Fsp3) is 0.143. The number of rotatable bonds is 4. The van der Waals surface area contributed by atoms with Gasteiger partial charge in [-0.15, -0.1) is 10.7 Å². The van der Waals surface area contributed by atoms with Crippen LogP contribution in [0.4, 0.5) is 0 Å². The molecule has 134 valence electrons. The van der Waals surface area contributed by atoms with E-state index < -0.39 is 5.60 Å². The number of hydrogen-bond donors (Lipinski definition) is 1. The van der Waals surface area contributed by atoms with E-state index in [4.69, 9.17) is 0 Å². The van der Waals surface area contributed by atoms with E-state index in [9.17, 15) is 5.11 Å². The van der Waals surface area contributed by atoms with E-state index in [0.717, 1.165) is 11.1 Å². The molecule has 0 aliphatic carbocycles. The Morgan fingerprint density at radius 1 is 1.00 bits per heavy atom. The van der Waals surface area contributed by atoms with Gasteiger partial charge in [0.15, 0.2) is 0 Å². The van der Waals surface area contributed by atoms with Gasteiger partial charge in [-0.05, 0) is 12.5 Å². The molecule has 0 saturated heterocycles. The first-order valence-corrected chi connectivity index (χ1v) is 8.22. The van der Waals surface area contributed by atoms with Crippen molar-refractivity contribution in [1.82, 2.24) is 15.0 Å². The van der Waals surface area contributed by atoms with Crippen LogP contribution in [-0.4, -0.2) is 20.1 Å². The van der Waals surface area contributed by atoms with Crippen LogP contribution in [0.1, 0.15) is 23.7 Å². The minimum absolute atomic E-state index is 0. The van der Waals surface area contributed by atoms with E-state index in [2.05, 4.69) is 10.3 Å². The Hall–Kier alpha value is -2.46. The van der Waals surface area contributed by atoms with Crippen molar-refractivity contribution in [3.8, 4) is 0 Å². The minimum atomic E-state index is -1.11. The van der Waals surface area contributed by atoms with Gasteiger partial charge in [-0.1, -0.05) is 35.5 Å². The van der Waals surface area contributed by atoms with Gasteiger partial charge in [0.05, 0.1) is 12.7 Å². The molecule has 4 nitrogen and oxygen atoms in total. The average molecular weight is 387 g/mol. The summed E-state index contributed by atoms with van der Waals surface area (Å²) in [5, 5.41) is 18.8. The molecule has 4 aromatic rings. The molecule has 0 bridgehead atoms. The van der Waals surface area contributed by atoms with Gasteiger partial charge in [0.25, 0.3) is 0 Å². The molecule has 1 aromatic heterocycles. The van der Waals surface area contributed by atoms with Gasteiger partial charge in [-0.3, -0.25) is 0 Å². The van der Waals surface area contributed by atoms with Crippen molar-refractivity contribution in [2.45, 2.75) is 19.1 Å². The van der Waals surface area contributed by atoms with E-state index in [0.29, 0.717) is 12.2 Å². The average Bonchev–Trinajstić information content (AvgIpc) is 3.38. The second kappa shape index (κ2) is 9.30. The predicted octanol–water partition coefficient (Wildman–Crippen LogP) is 3.70. The largest absolute Gasteiger partial charge is 2.00 e. The van der Waals surface area contributed by atoms with Crippen molar-refractivity contribution < 1.29 is 22.2 Å². The molecule has 4 rings (SSSR count). The summed E-state index contributed by atoms with van der Waals surface area (Å²) in [4.78, 5) is 0. The van der Waals surface area contributed by atoms with Crippen molar-refractivity contribution in [2.75, 3.05) is 0 Å². The zero-order valence-electron chi connectivity index (χ0n) is 14.5. The standard InChI is InChI=1S/C16H16N3O.C5H5.Fe/c1-16(20,14-9-5-6-10-14)15-12-19(18-17-15)11-13-7-3-2-4-8-13;1-2-4-5-3-1;/h2-10,12,20H,11H2,1H3;1-5H;/q2*-1;+2. The molecule has 1 unspecified atom stereocenters. The Balaban J connectivity index is 0.000000351. The molecule has 1 atom stereocenters. The quantitative estimate of drug-likeness (QED) is 0.429. The molecule has 26 heavy (non-hydrogen) atoms. The van der Waals surface area contributed by atoms with Crippen molar-refractivity contribution >= 4 is 0 Å². The first kappa shape index (κ1) is 19.9. The fourth-order valence-electron chi connectivity index (χ4n) is 2.54. The zero-order valence-corrected chi connectivity index (χ0v) is 15.6. The molecule has 5 heteroatoms. The third-order valence-electron chi connectivity index (χ3n) is 4.01. The Morgan fingerprint density at radius 2 is 1.73 bits per heavy atom. The first-order valence-electron chi connectivity index (χ1n) is 8.22. The Labute approximate surface area is 164 Å². The van der Waals surface area contributed by atoms with E-state index in [1.165, 1.54) is 0 Å². The van der Waals surface area contributed by atoms with Crippen molar-refractivity contribution in [2.24, 2.45) is 0 Å². The van der Waals surface area contributed by atoms with Crippen LogP contribution in [0.15, 0.2) is 91.1 Å². The Kier molecular flexibility index (Phi) is 7.10. The molecule has 0 radical (unpaired) electrons. The molecule has 0 fully saturated rings. The summed E-state index contributed by atoms with van der Waals surface area (Å²) in [6, 6.07) is 27.6. The Bertz CT molecular complexity index is 833. The number of aromatic nitrogens is 3. The fourth-order valence-corrected chi connectivity index (χ4v) is 2.54. The van der Waals surface area contributed by atoms with Crippen molar-refractivity contribution in [3.63, 3.8) is 0 Å². The van der Waals surface area contributed by atoms with Crippen LogP contribution in [0.5, 0.6) is 0 Å². The smallest absolute Gasteiger partial charge is 0.381 e. The molecular formula is C21H21FeN3O. The van der Waals surface area contributed by atoms with Gasteiger partial charge >= 0.3 is 17.1 Å². The summed E-state index contributed by atoms with van der Waals surface area (Å²) < 4.78 is 1.74. The summed E-state index contributed by atoms with van der Waals surface area (Å²) in [5.41, 5.74) is 1.42. The summed E-state index contributed by atoms with van der Waals surface area (Å²) in [5.74, 6) is 0. The van der Waals surface area contributed by atoms with Gasteiger partial charge in [0.1, 0.15) is 11.3 Å². The second-order valence-corrected chi connectivity index (χ2v) is 5.99. The van der Waals surface area contributed by atoms with E-state index in [1.807, 2.05) is 84.9 Å². The van der Waals surface area contributed by atoms with Crippen LogP contribution >= 0.6 is 0 Å². The summed E-state index contributed by atoms with van der Waals surface area (Å²) in [6.07, 6.45) is 1.79.